The number of primary amides is 1. The summed E-state index contributed by atoms with van der Waals surface area (Å²) >= 11 is 2.52. The first-order valence-corrected chi connectivity index (χ1v) is 41.1. The highest BCUT2D eigenvalue weighted by molar-refractivity contribution is 7.98. The number of aliphatic hydroxyl groups excluding tert-OH is 1. The third-order valence-electron chi connectivity index (χ3n) is 18.7. The first-order chi connectivity index (χ1) is 54.3. The van der Waals surface area contributed by atoms with Gasteiger partial charge in [0.1, 0.15) is 54.4 Å². The zero-order valence-corrected chi connectivity index (χ0v) is 66.4. The number of thioether (sulfide) groups is 2. The van der Waals surface area contributed by atoms with E-state index in [0.29, 0.717) is 102 Å². The second-order valence-electron chi connectivity index (χ2n) is 27.9. The number of carbonyl (C=O) groups is 14. The molecule has 2 aromatic rings. The van der Waals surface area contributed by atoms with Crippen LogP contribution in [0.4, 0.5) is 0 Å². The molecule has 2 bridgehead atoms. The molecule has 12 amide bonds. The summed E-state index contributed by atoms with van der Waals surface area (Å²) in [6.07, 6.45) is 0.0906. The van der Waals surface area contributed by atoms with Crippen molar-refractivity contribution in [2.75, 3.05) is 117 Å². The largest absolute Gasteiger partial charge is 0.480 e. The van der Waals surface area contributed by atoms with Gasteiger partial charge in [-0.1, -0.05) is 74.4 Å². The number of benzene rings is 2. The highest BCUT2D eigenvalue weighted by Gasteiger charge is 2.45. The van der Waals surface area contributed by atoms with E-state index < -0.39 is 156 Å². The van der Waals surface area contributed by atoms with Gasteiger partial charge in [-0.25, -0.2) is 9.59 Å². The number of rotatable bonds is 44. The Balaban J connectivity index is 1.14. The Morgan fingerprint density at radius 2 is 1.16 bits per heavy atom. The lowest BCUT2D eigenvalue weighted by Crippen LogP contribution is -2.61. The molecule has 36 nitrogen and oxygen atoms in total. The van der Waals surface area contributed by atoms with Crippen molar-refractivity contribution >= 4 is 106 Å². The van der Waals surface area contributed by atoms with Crippen molar-refractivity contribution in [1.29, 1.82) is 0 Å². The van der Waals surface area contributed by atoms with E-state index in [1.54, 1.807) is 30.3 Å². The highest BCUT2D eigenvalue weighted by atomic mass is 32.2. The van der Waals surface area contributed by atoms with Crippen LogP contribution in [0.1, 0.15) is 127 Å². The molecule has 2 fully saturated rings. The van der Waals surface area contributed by atoms with Crippen LogP contribution in [0, 0.1) is 5.92 Å². The molecule has 38 heteroatoms. The molecule has 630 valence electrons. The number of aliphatic hydroxyl groups is 1. The van der Waals surface area contributed by atoms with E-state index in [4.69, 9.17) is 31.4 Å². The molecule has 2 saturated heterocycles. The molecule has 10 atom stereocenters. The van der Waals surface area contributed by atoms with Crippen LogP contribution >= 0.6 is 23.5 Å². The third kappa shape index (κ3) is 35.8. The minimum atomic E-state index is -1.74. The molecule has 5 rings (SSSR count). The average molecular weight is 1630 g/mol. The topological polar surface area (TPSA) is 544 Å². The smallest absolute Gasteiger partial charge is 0.327 e. The van der Waals surface area contributed by atoms with Gasteiger partial charge in [0.15, 0.2) is 0 Å². The molecule has 3 aliphatic heterocycles. The van der Waals surface area contributed by atoms with Crippen molar-refractivity contribution in [3.05, 3.63) is 71.3 Å². The van der Waals surface area contributed by atoms with E-state index in [1.807, 2.05) is 31.2 Å². The molecular weight excluding hydrogens is 1510 g/mol. The molecule has 0 saturated carbocycles. The molecule has 0 aliphatic carbocycles. The van der Waals surface area contributed by atoms with E-state index in [9.17, 15) is 77.6 Å². The monoisotopic (exact) mass is 1630 g/mol. The SMILES string of the molecule is CCCC[C@H](NC(=O)CCC(=O)NCCCOCCOCCOCCCNC(=O)CC[C@H](NC(=O)C(CNCCN)CNCCN)C(=O)O)C(=O)N[C@H]1CSCc2cccc(c2)CSC[C@@H](C(=O)O)NC(=O)[C@H](Cc2ccccc2)NC(=O)[C@H](CCC(N)=O)NC(=O)[C@H]([C@@H](C)O)NC(=O)[C@@H]2CCCN2C(=O)[C@@H]2CCCN2C1=O. The maximum atomic E-state index is 15.1. The van der Waals surface area contributed by atoms with Crippen LogP contribution in [0.5, 0.6) is 0 Å². The van der Waals surface area contributed by atoms with Crippen LogP contribution in [-0.4, -0.2) is 285 Å². The summed E-state index contributed by atoms with van der Waals surface area (Å²) in [5, 5.41) is 61.1. The van der Waals surface area contributed by atoms with Crippen molar-refractivity contribution in [3.63, 3.8) is 0 Å². The maximum absolute atomic E-state index is 15.1. The Hall–Kier alpha value is -8.60. The quantitative estimate of drug-likeness (QED) is 0.0297. The molecule has 0 radical (unpaired) electrons. The summed E-state index contributed by atoms with van der Waals surface area (Å²) in [4.78, 5) is 193. The molecule has 2 aromatic carbocycles. The number of carboxylic acids is 2. The van der Waals surface area contributed by atoms with E-state index in [-0.39, 0.29) is 128 Å². The number of amides is 12. The first kappa shape index (κ1) is 95.0. The zero-order valence-electron chi connectivity index (χ0n) is 64.7. The van der Waals surface area contributed by atoms with Gasteiger partial charge in [0, 0.05) is 134 Å². The van der Waals surface area contributed by atoms with Crippen LogP contribution in [0.25, 0.3) is 0 Å². The van der Waals surface area contributed by atoms with Crippen molar-refractivity contribution in [2.24, 2.45) is 23.1 Å². The van der Waals surface area contributed by atoms with Crippen molar-refractivity contribution < 1.29 is 96.7 Å². The molecular formula is C75H118N16O20S2. The standard InChI is InChI=1S/C75H118N16O20S2/c1-3-4-17-53(83-64(96)25-24-63(95)82-29-12-35-110-37-39-111-38-36-109-34-11-28-81-62(94)23-21-55(74(105)106)85-66(97)52(42-79-30-26-76)43-80-31-27-77)67(98)87-57-46-112-44-50-15-8-16-51(40-50)45-113-47-58(75(107)108)88-69(100)56(41-49-13-6-5-7-14-49)86-68(99)54(20-22-61(78)93)84-71(102)65(48(2)92)89-70(101)59-18-9-32-90(59)73(104)60-19-10-33-91(60)72(57)103/h5-8,13-16,40,48,52-60,65,79-80,92H,3-4,9-12,17-39,41-47,76-77H2,1-2H3,(H2,78,93)(H,81,94)(H,82,95)(H,83,96)(H,84,102)(H,85,97)(H,86,99)(H,87,98)(H,88,100)(H,89,101)(H,105,106)(H,107,108)/t48-,53+,54+,55+,56+,57+,58+,59+,60+,65+/m1/s1. The zero-order chi connectivity index (χ0) is 82.5. The molecule has 0 unspecified atom stereocenters. The molecule has 20 N–H and O–H groups in total. The van der Waals surface area contributed by atoms with Gasteiger partial charge < -0.3 is 115 Å². The summed E-state index contributed by atoms with van der Waals surface area (Å²) in [6.45, 7) is 7.87. The predicted octanol–water partition coefficient (Wildman–Crippen LogP) is -2.87. The summed E-state index contributed by atoms with van der Waals surface area (Å²) in [5.74, 6) is -11.0. The Labute approximate surface area is 667 Å². The number of nitrogens with two attached hydrogens (primary N) is 3. The number of ether oxygens (including phenoxy) is 3. The van der Waals surface area contributed by atoms with Gasteiger partial charge in [-0.2, -0.15) is 23.5 Å². The molecule has 3 heterocycles. The Kier molecular flexibility index (Phi) is 44.9. The Morgan fingerprint density at radius 3 is 1.74 bits per heavy atom. The summed E-state index contributed by atoms with van der Waals surface area (Å²) in [6, 6.07) is 3.80. The van der Waals surface area contributed by atoms with E-state index in [1.165, 1.54) is 40.2 Å². The van der Waals surface area contributed by atoms with Gasteiger partial charge in [0.25, 0.3) is 0 Å². The fourth-order valence-corrected chi connectivity index (χ4v) is 14.6. The average Bonchev–Trinajstić information content (AvgIpc) is 1.66. The van der Waals surface area contributed by atoms with E-state index in [2.05, 4.69) is 58.5 Å². The number of fused-ring (bicyclic) bond motifs is 4. The normalized spacial score (nSPS) is 20.5. The van der Waals surface area contributed by atoms with Crippen LogP contribution in [0.3, 0.4) is 0 Å². The van der Waals surface area contributed by atoms with Crippen molar-refractivity contribution in [3.8, 4) is 0 Å². The molecule has 113 heavy (non-hydrogen) atoms. The van der Waals surface area contributed by atoms with Gasteiger partial charge in [0.05, 0.1) is 38.4 Å². The summed E-state index contributed by atoms with van der Waals surface area (Å²) in [7, 11) is 0. The number of unbranched alkanes of at least 4 members (excludes halogenated alkanes) is 1. The van der Waals surface area contributed by atoms with Crippen LogP contribution in [0.2, 0.25) is 0 Å². The fraction of sp³-hybridized carbons (Fsp3) is 0.653. The molecule has 0 aromatic heterocycles. The lowest BCUT2D eigenvalue weighted by Gasteiger charge is -2.34. The van der Waals surface area contributed by atoms with Crippen LogP contribution < -0.4 is 75.7 Å². The van der Waals surface area contributed by atoms with E-state index in [0.717, 1.165) is 11.1 Å². The summed E-state index contributed by atoms with van der Waals surface area (Å²) in [5.41, 5.74) is 18.7. The highest BCUT2D eigenvalue weighted by Crippen LogP contribution is 2.28. The van der Waals surface area contributed by atoms with Crippen LogP contribution in [0.15, 0.2) is 54.6 Å². The van der Waals surface area contributed by atoms with Gasteiger partial charge in [0.2, 0.25) is 70.9 Å². The minimum absolute atomic E-state index is 0.00739. The van der Waals surface area contributed by atoms with Gasteiger partial charge >= 0.3 is 11.9 Å². The van der Waals surface area contributed by atoms with Crippen LogP contribution in [-0.2, 0) is 99.3 Å². The lowest BCUT2D eigenvalue weighted by molar-refractivity contribution is -0.148. The maximum Gasteiger partial charge on any atom is 0.327 e. The Bertz CT molecular complexity index is 3380. The lowest BCUT2D eigenvalue weighted by atomic mass is 10.0. The number of carbonyl (C=O) groups excluding carboxylic acids is 12. The second kappa shape index (κ2) is 53.5. The van der Waals surface area contributed by atoms with E-state index >= 15 is 4.79 Å². The predicted molar refractivity (Wildman–Crippen MR) is 420 cm³/mol. The fourth-order valence-electron chi connectivity index (χ4n) is 12.6. The Morgan fingerprint density at radius 1 is 0.593 bits per heavy atom. The molecule has 0 spiro atoms. The van der Waals surface area contributed by atoms with Gasteiger partial charge in [-0.05, 0) is 81.4 Å². The van der Waals surface area contributed by atoms with Crippen molar-refractivity contribution in [2.45, 2.75) is 189 Å². The number of nitrogens with zero attached hydrogens (tertiary/aromatic N) is 2. The number of hydrogen-bond acceptors (Lipinski definition) is 24. The minimum Gasteiger partial charge on any atom is -0.480 e. The number of nitrogens with one attached hydrogen (secondary N) is 11. The second-order valence-corrected chi connectivity index (χ2v) is 29.9. The number of carboxylic acid groups (broad SMARTS) is 2. The van der Waals surface area contributed by atoms with Gasteiger partial charge in [-0.3, -0.25) is 57.5 Å². The van der Waals surface area contributed by atoms with Gasteiger partial charge in [-0.15, -0.1) is 0 Å². The van der Waals surface area contributed by atoms with Crippen molar-refractivity contribution in [1.82, 2.24) is 68.3 Å². The summed E-state index contributed by atoms with van der Waals surface area (Å²) < 4.78 is 16.8. The third-order valence-corrected chi connectivity index (χ3v) is 21.0. The number of hydrogen-bond donors (Lipinski definition) is 17. The molecule has 3 aliphatic rings. The first-order valence-electron chi connectivity index (χ1n) is 38.8. The number of aliphatic carboxylic acids is 2.